The summed E-state index contributed by atoms with van der Waals surface area (Å²) in [6, 6.07) is 7.50. The Morgan fingerprint density at radius 2 is 2.36 bits per heavy atom. The fourth-order valence-corrected chi connectivity index (χ4v) is 3.30. The number of rotatable bonds is 5. The van der Waals surface area contributed by atoms with E-state index in [-0.39, 0.29) is 11.9 Å². The first-order chi connectivity index (χ1) is 10.8. The van der Waals surface area contributed by atoms with Gasteiger partial charge in [-0.1, -0.05) is 12.1 Å². The van der Waals surface area contributed by atoms with Gasteiger partial charge in [0.1, 0.15) is 5.75 Å². The van der Waals surface area contributed by atoms with Gasteiger partial charge in [-0.3, -0.25) is 4.79 Å². The molecule has 1 aliphatic rings. The first-order valence-corrected chi connectivity index (χ1v) is 8.33. The summed E-state index contributed by atoms with van der Waals surface area (Å²) in [6.07, 6.45) is 2.74. The van der Waals surface area contributed by atoms with Gasteiger partial charge in [-0.15, -0.1) is 11.3 Å². The average molecular weight is 317 g/mol. The van der Waals surface area contributed by atoms with Gasteiger partial charge >= 0.3 is 0 Å². The maximum Gasteiger partial charge on any atom is 0.255 e. The highest BCUT2D eigenvalue weighted by Crippen LogP contribution is 2.23. The Morgan fingerprint density at radius 3 is 3.14 bits per heavy atom. The molecule has 1 fully saturated rings. The lowest BCUT2D eigenvalue weighted by Crippen LogP contribution is -2.37. The van der Waals surface area contributed by atoms with E-state index in [2.05, 4.69) is 15.2 Å². The van der Waals surface area contributed by atoms with E-state index in [1.54, 1.807) is 17.4 Å². The van der Waals surface area contributed by atoms with Crippen LogP contribution < -0.4 is 15.0 Å². The average Bonchev–Trinajstić information content (AvgIpc) is 3.19. The van der Waals surface area contributed by atoms with Crippen molar-refractivity contribution in [1.29, 1.82) is 0 Å². The van der Waals surface area contributed by atoms with Crippen LogP contribution in [0.15, 0.2) is 35.8 Å². The summed E-state index contributed by atoms with van der Waals surface area (Å²) in [5.74, 6) is 0.562. The minimum absolute atomic E-state index is 0.0740. The summed E-state index contributed by atoms with van der Waals surface area (Å²) in [7, 11) is 0. The zero-order chi connectivity index (χ0) is 15.4. The number of hydrogen-bond acceptors (Lipinski definition) is 5. The molecule has 1 aliphatic heterocycles. The van der Waals surface area contributed by atoms with Crippen LogP contribution in [-0.4, -0.2) is 36.6 Å². The molecule has 0 radical (unpaired) electrons. The topological polar surface area (TPSA) is 54.5 Å². The molecule has 3 rings (SSSR count). The number of thiazole rings is 1. The Bertz CT molecular complexity index is 630. The van der Waals surface area contributed by atoms with Gasteiger partial charge in [0, 0.05) is 30.7 Å². The van der Waals surface area contributed by atoms with Crippen LogP contribution in [0.25, 0.3) is 0 Å². The molecule has 5 nitrogen and oxygen atoms in total. The number of nitrogens with zero attached hydrogens (tertiary/aromatic N) is 2. The molecule has 2 heterocycles. The van der Waals surface area contributed by atoms with Crippen LogP contribution in [0.2, 0.25) is 0 Å². The van der Waals surface area contributed by atoms with Crippen LogP contribution in [-0.2, 0) is 0 Å². The molecule has 1 amide bonds. The molecule has 1 unspecified atom stereocenters. The fraction of sp³-hybridized carbons (Fsp3) is 0.375. The number of ether oxygens (including phenoxy) is 1. The second-order valence-corrected chi connectivity index (χ2v) is 6.02. The standard InChI is InChI=1S/C16H19N3O2S/c1-2-21-14-6-4-3-5-13(14)15(20)18-12-7-9-19(11-12)16-17-8-10-22-16/h3-6,8,10,12H,2,7,9,11H2,1H3,(H,18,20). The Balaban J connectivity index is 1.63. The van der Waals surface area contributed by atoms with Crippen molar-refractivity contribution in [2.75, 3.05) is 24.6 Å². The number of anilines is 1. The van der Waals surface area contributed by atoms with E-state index < -0.39 is 0 Å². The van der Waals surface area contributed by atoms with Crippen molar-refractivity contribution >= 4 is 22.4 Å². The molecule has 1 N–H and O–H groups in total. The zero-order valence-corrected chi connectivity index (χ0v) is 13.3. The van der Waals surface area contributed by atoms with E-state index in [0.29, 0.717) is 17.9 Å². The second-order valence-electron chi connectivity index (χ2n) is 5.15. The number of nitrogens with one attached hydrogen (secondary N) is 1. The summed E-state index contributed by atoms with van der Waals surface area (Å²) in [6.45, 7) is 4.19. The van der Waals surface area contributed by atoms with Crippen molar-refractivity contribution in [2.45, 2.75) is 19.4 Å². The summed E-state index contributed by atoms with van der Waals surface area (Å²) in [5, 5.41) is 6.09. The molecule has 0 spiro atoms. The van der Waals surface area contributed by atoms with Crippen LogP contribution in [0, 0.1) is 0 Å². The van der Waals surface area contributed by atoms with Crippen LogP contribution in [0.3, 0.4) is 0 Å². The maximum atomic E-state index is 12.5. The Hall–Kier alpha value is -2.08. The molecular formula is C16H19N3O2S. The fourth-order valence-electron chi connectivity index (χ4n) is 2.62. The number of carbonyl (C=O) groups is 1. The largest absolute Gasteiger partial charge is 0.493 e. The van der Waals surface area contributed by atoms with Crippen LogP contribution in [0.5, 0.6) is 5.75 Å². The van der Waals surface area contributed by atoms with Gasteiger partial charge in [-0.25, -0.2) is 4.98 Å². The number of aromatic nitrogens is 1. The number of amides is 1. The smallest absolute Gasteiger partial charge is 0.255 e. The summed E-state index contributed by atoms with van der Waals surface area (Å²) >= 11 is 1.63. The Morgan fingerprint density at radius 1 is 1.50 bits per heavy atom. The third kappa shape index (κ3) is 3.22. The van der Waals surface area contributed by atoms with Crippen LogP contribution in [0.4, 0.5) is 5.13 Å². The lowest BCUT2D eigenvalue weighted by atomic mass is 10.1. The summed E-state index contributed by atoms with van der Waals surface area (Å²) in [5.41, 5.74) is 0.594. The highest BCUT2D eigenvalue weighted by atomic mass is 32.1. The number of hydrogen-bond donors (Lipinski definition) is 1. The van der Waals surface area contributed by atoms with Gasteiger partial charge in [0.2, 0.25) is 0 Å². The molecule has 116 valence electrons. The van der Waals surface area contributed by atoms with Gasteiger partial charge in [0.05, 0.1) is 12.2 Å². The van der Waals surface area contributed by atoms with Gasteiger partial charge in [-0.2, -0.15) is 0 Å². The predicted octanol–water partition coefficient (Wildman–Crippen LogP) is 2.55. The van der Waals surface area contributed by atoms with Crippen molar-refractivity contribution in [2.24, 2.45) is 0 Å². The van der Waals surface area contributed by atoms with E-state index in [0.717, 1.165) is 24.6 Å². The van der Waals surface area contributed by atoms with E-state index in [4.69, 9.17) is 4.74 Å². The lowest BCUT2D eigenvalue weighted by Gasteiger charge is -2.16. The highest BCUT2D eigenvalue weighted by Gasteiger charge is 2.26. The van der Waals surface area contributed by atoms with E-state index in [1.807, 2.05) is 36.7 Å². The van der Waals surface area contributed by atoms with Gasteiger partial charge < -0.3 is 15.0 Å². The minimum Gasteiger partial charge on any atom is -0.493 e. The molecule has 2 aromatic rings. The maximum absolute atomic E-state index is 12.5. The number of benzene rings is 1. The van der Waals surface area contributed by atoms with E-state index in [9.17, 15) is 4.79 Å². The van der Waals surface area contributed by atoms with Crippen molar-refractivity contribution in [1.82, 2.24) is 10.3 Å². The summed E-state index contributed by atoms with van der Waals surface area (Å²) < 4.78 is 5.52. The van der Waals surface area contributed by atoms with Crippen molar-refractivity contribution in [3.05, 3.63) is 41.4 Å². The normalized spacial score (nSPS) is 17.5. The summed E-state index contributed by atoms with van der Waals surface area (Å²) in [4.78, 5) is 19.0. The molecule has 22 heavy (non-hydrogen) atoms. The van der Waals surface area contributed by atoms with Gasteiger partial charge in [-0.05, 0) is 25.5 Å². The molecule has 1 aromatic carbocycles. The lowest BCUT2D eigenvalue weighted by molar-refractivity contribution is 0.0936. The number of carbonyl (C=O) groups excluding carboxylic acids is 1. The zero-order valence-electron chi connectivity index (χ0n) is 12.5. The van der Waals surface area contributed by atoms with Crippen molar-refractivity contribution in [3.8, 4) is 5.75 Å². The second kappa shape index (κ2) is 6.79. The van der Waals surface area contributed by atoms with Gasteiger partial charge in [0.15, 0.2) is 5.13 Å². The minimum atomic E-state index is -0.0740. The van der Waals surface area contributed by atoms with Crippen LogP contribution in [0.1, 0.15) is 23.7 Å². The molecule has 0 saturated carbocycles. The first kappa shape index (κ1) is 14.8. The predicted molar refractivity (Wildman–Crippen MR) is 87.8 cm³/mol. The monoisotopic (exact) mass is 317 g/mol. The SMILES string of the molecule is CCOc1ccccc1C(=O)NC1CCN(c2nccs2)C1. The van der Waals surface area contributed by atoms with Crippen LogP contribution >= 0.6 is 11.3 Å². The molecule has 1 atom stereocenters. The van der Waals surface area contributed by atoms with Crippen molar-refractivity contribution < 1.29 is 9.53 Å². The Labute approximate surface area is 133 Å². The highest BCUT2D eigenvalue weighted by molar-refractivity contribution is 7.13. The number of para-hydroxylation sites is 1. The molecule has 1 aromatic heterocycles. The Kier molecular flexibility index (Phi) is 4.58. The third-order valence-electron chi connectivity index (χ3n) is 3.64. The first-order valence-electron chi connectivity index (χ1n) is 7.45. The molecule has 0 aliphatic carbocycles. The van der Waals surface area contributed by atoms with E-state index in [1.165, 1.54) is 0 Å². The molecule has 1 saturated heterocycles. The molecule has 0 bridgehead atoms. The van der Waals surface area contributed by atoms with E-state index >= 15 is 0 Å². The quantitative estimate of drug-likeness (QED) is 0.921. The molecule has 6 heteroatoms. The third-order valence-corrected chi connectivity index (χ3v) is 4.48. The van der Waals surface area contributed by atoms with Gasteiger partial charge in [0.25, 0.3) is 5.91 Å². The molecular weight excluding hydrogens is 298 g/mol. The van der Waals surface area contributed by atoms with Crippen molar-refractivity contribution in [3.63, 3.8) is 0 Å².